The molecule has 2 aromatic heterocycles. The van der Waals surface area contributed by atoms with Gasteiger partial charge in [0.05, 0.1) is 18.6 Å². The molecule has 32 heavy (non-hydrogen) atoms. The summed E-state index contributed by atoms with van der Waals surface area (Å²) in [6.45, 7) is 8.75. The van der Waals surface area contributed by atoms with Gasteiger partial charge in [-0.25, -0.2) is 4.98 Å². The molecule has 8 heteroatoms. The van der Waals surface area contributed by atoms with Crippen molar-refractivity contribution in [1.82, 2.24) is 19.8 Å². The quantitative estimate of drug-likeness (QED) is 0.739. The molecule has 4 rings (SSSR count). The molecule has 2 aliphatic rings. The van der Waals surface area contributed by atoms with Crippen molar-refractivity contribution in [3.8, 4) is 5.75 Å². The molecule has 1 aliphatic carbocycles. The summed E-state index contributed by atoms with van der Waals surface area (Å²) >= 11 is 0. The molecule has 0 spiro atoms. The van der Waals surface area contributed by atoms with E-state index in [0.29, 0.717) is 43.3 Å². The fourth-order valence-corrected chi connectivity index (χ4v) is 5.03. The van der Waals surface area contributed by atoms with E-state index in [1.54, 1.807) is 18.3 Å². The number of aromatic nitrogens is 2. The topological polar surface area (TPSA) is 96.7 Å². The lowest BCUT2D eigenvalue weighted by Gasteiger charge is -2.38. The van der Waals surface area contributed by atoms with E-state index < -0.39 is 11.5 Å². The van der Waals surface area contributed by atoms with E-state index in [9.17, 15) is 14.7 Å². The van der Waals surface area contributed by atoms with E-state index in [2.05, 4.69) is 36.0 Å². The minimum Gasteiger partial charge on any atom is -0.506 e. The largest absolute Gasteiger partial charge is 0.506 e. The number of hydrogen-bond acceptors (Lipinski definition) is 6. The third-order valence-corrected chi connectivity index (χ3v) is 7.00. The summed E-state index contributed by atoms with van der Waals surface area (Å²) in [4.78, 5) is 33.2. The lowest BCUT2D eigenvalue weighted by atomic mass is 9.87. The van der Waals surface area contributed by atoms with E-state index >= 15 is 0 Å². The molecule has 1 aliphatic heterocycles. The average Bonchev–Trinajstić information content (AvgIpc) is 2.77. The second-order valence-corrected chi connectivity index (χ2v) is 9.46. The van der Waals surface area contributed by atoms with Crippen LogP contribution in [-0.2, 0) is 11.3 Å². The van der Waals surface area contributed by atoms with E-state index in [-0.39, 0.29) is 29.4 Å². The number of morpholine rings is 1. The first kappa shape index (κ1) is 22.7. The molecule has 0 unspecified atom stereocenters. The maximum atomic E-state index is 13.4. The summed E-state index contributed by atoms with van der Waals surface area (Å²) in [6, 6.07) is 3.91. The molecule has 0 bridgehead atoms. The molecule has 8 nitrogen and oxygen atoms in total. The van der Waals surface area contributed by atoms with Gasteiger partial charge in [-0.1, -0.05) is 6.92 Å². The van der Waals surface area contributed by atoms with Crippen molar-refractivity contribution >= 4 is 16.9 Å². The molecule has 2 atom stereocenters. The van der Waals surface area contributed by atoms with E-state index in [4.69, 9.17) is 4.74 Å². The molecular weight excluding hydrogens is 408 g/mol. The van der Waals surface area contributed by atoms with Gasteiger partial charge in [0.1, 0.15) is 17.0 Å². The summed E-state index contributed by atoms with van der Waals surface area (Å²) in [5.74, 6) is -0.130. The Hall–Kier alpha value is -2.45. The first-order valence-corrected chi connectivity index (χ1v) is 11.7. The van der Waals surface area contributed by atoms with Gasteiger partial charge in [-0.05, 0) is 57.6 Å². The number of hydrogen-bond donors (Lipinski definition) is 2. The number of carbonyl (C=O) groups excluding carboxylic acids is 1. The summed E-state index contributed by atoms with van der Waals surface area (Å²) in [7, 11) is 0. The van der Waals surface area contributed by atoms with Crippen molar-refractivity contribution in [2.75, 3.05) is 19.8 Å². The van der Waals surface area contributed by atoms with E-state index in [1.165, 1.54) is 4.57 Å². The molecule has 1 saturated carbocycles. The molecule has 0 aromatic carbocycles. The van der Waals surface area contributed by atoms with Gasteiger partial charge in [0, 0.05) is 37.4 Å². The Kier molecular flexibility index (Phi) is 6.81. The van der Waals surface area contributed by atoms with Gasteiger partial charge < -0.3 is 15.2 Å². The molecule has 2 aromatic rings. The minimum absolute atomic E-state index is 0.0330. The van der Waals surface area contributed by atoms with Gasteiger partial charge in [0.25, 0.3) is 11.5 Å². The zero-order valence-corrected chi connectivity index (χ0v) is 19.2. The summed E-state index contributed by atoms with van der Waals surface area (Å²) in [6.07, 6.45) is 5.49. The average molecular weight is 443 g/mol. The number of nitrogens with one attached hydrogen (secondary N) is 1. The van der Waals surface area contributed by atoms with Crippen LogP contribution in [0.4, 0.5) is 0 Å². The van der Waals surface area contributed by atoms with Gasteiger partial charge >= 0.3 is 0 Å². The molecule has 2 fully saturated rings. The number of rotatable bonds is 5. The number of fused-ring (bicyclic) bond motifs is 1. The van der Waals surface area contributed by atoms with Crippen LogP contribution in [0.1, 0.15) is 56.8 Å². The Morgan fingerprint density at radius 2 is 1.84 bits per heavy atom. The highest BCUT2D eigenvalue weighted by Crippen LogP contribution is 2.27. The van der Waals surface area contributed by atoms with Gasteiger partial charge in [0.2, 0.25) is 0 Å². The summed E-state index contributed by atoms with van der Waals surface area (Å²) in [5, 5.41) is 14.3. The Morgan fingerprint density at radius 3 is 2.53 bits per heavy atom. The molecule has 2 N–H and O–H groups in total. The van der Waals surface area contributed by atoms with Gasteiger partial charge in [-0.3, -0.25) is 19.1 Å². The van der Waals surface area contributed by atoms with E-state index in [1.807, 2.05) is 0 Å². The van der Waals surface area contributed by atoms with Crippen LogP contribution in [0.15, 0.2) is 23.1 Å². The fraction of sp³-hybridized carbons (Fsp3) is 0.625. The monoisotopic (exact) mass is 442 g/mol. The lowest BCUT2D eigenvalue weighted by Crippen LogP contribution is -2.51. The highest BCUT2D eigenvalue weighted by Gasteiger charge is 2.28. The van der Waals surface area contributed by atoms with Gasteiger partial charge in [0.15, 0.2) is 0 Å². The molecule has 174 valence electrons. The van der Waals surface area contributed by atoms with Crippen LogP contribution in [0.3, 0.4) is 0 Å². The maximum absolute atomic E-state index is 13.4. The molecular formula is C24H34N4O4. The highest BCUT2D eigenvalue weighted by atomic mass is 16.5. The number of carbonyl (C=O) groups is 1. The Bertz CT molecular complexity index is 1020. The maximum Gasteiger partial charge on any atom is 0.268 e. The Balaban J connectivity index is 1.65. The second-order valence-electron chi connectivity index (χ2n) is 9.46. The third kappa shape index (κ3) is 4.52. The third-order valence-electron chi connectivity index (χ3n) is 7.00. The molecule has 1 saturated heterocycles. The predicted molar refractivity (Wildman–Crippen MR) is 123 cm³/mol. The number of pyridine rings is 2. The Morgan fingerprint density at radius 1 is 1.16 bits per heavy atom. The zero-order valence-electron chi connectivity index (χ0n) is 19.2. The van der Waals surface area contributed by atoms with Crippen molar-refractivity contribution < 1.29 is 14.6 Å². The predicted octanol–water partition coefficient (Wildman–Crippen LogP) is 2.52. The highest BCUT2D eigenvalue weighted by molar-refractivity contribution is 6.01. The number of amides is 1. The Labute approximate surface area is 188 Å². The second kappa shape index (κ2) is 9.58. The minimum atomic E-state index is -0.500. The van der Waals surface area contributed by atoms with Crippen LogP contribution < -0.4 is 10.9 Å². The van der Waals surface area contributed by atoms with Crippen LogP contribution in [0, 0.1) is 5.92 Å². The van der Waals surface area contributed by atoms with Crippen LogP contribution in [0.2, 0.25) is 0 Å². The first-order valence-electron chi connectivity index (χ1n) is 11.7. The van der Waals surface area contributed by atoms with Crippen molar-refractivity contribution in [3.05, 3.63) is 34.2 Å². The van der Waals surface area contributed by atoms with Crippen LogP contribution >= 0.6 is 0 Å². The van der Waals surface area contributed by atoms with Crippen molar-refractivity contribution in [2.45, 2.75) is 71.1 Å². The van der Waals surface area contributed by atoms with Crippen LogP contribution in [0.25, 0.3) is 11.0 Å². The molecule has 1 amide bonds. The van der Waals surface area contributed by atoms with Crippen molar-refractivity contribution in [1.29, 1.82) is 0 Å². The SMILES string of the molecule is CC1CCC(NC(=O)c2c(O)c3cccnc3n(CCN3[C@H](C)COC[C@@H]3C)c2=O)CC1. The van der Waals surface area contributed by atoms with Gasteiger partial charge in [-0.15, -0.1) is 0 Å². The lowest BCUT2D eigenvalue weighted by molar-refractivity contribution is -0.0377. The van der Waals surface area contributed by atoms with Crippen molar-refractivity contribution in [2.24, 2.45) is 5.92 Å². The van der Waals surface area contributed by atoms with E-state index in [0.717, 1.165) is 25.7 Å². The van der Waals surface area contributed by atoms with Crippen LogP contribution in [0.5, 0.6) is 5.75 Å². The summed E-state index contributed by atoms with van der Waals surface area (Å²) < 4.78 is 7.14. The number of aromatic hydroxyl groups is 1. The summed E-state index contributed by atoms with van der Waals surface area (Å²) in [5.41, 5.74) is -0.289. The normalized spacial score (nSPS) is 26.8. The zero-order chi connectivity index (χ0) is 22.8. The van der Waals surface area contributed by atoms with Crippen molar-refractivity contribution in [3.63, 3.8) is 0 Å². The fourth-order valence-electron chi connectivity index (χ4n) is 5.03. The molecule has 0 radical (unpaired) electrons. The van der Waals surface area contributed by atoms with Gasteiger partial charge in [-0.2, -0.15) is 0 Å². The number of nitrogens with zero attached hydrogens (tertiary/aromatic N) is 3. The molecule has 3 heterocycles. The van der Waals surface area contributed by atoms with Crippen LogP contribution in [-0.4, -0.2) is 63.3 Å². The number of ether oxygens (including phenoxy) is 1. The standard InChI is InChI=1S/C24H34N4O4/c1-15-6-8-18(9-7-15)26-23(30)20-21(29)19-5-4-10-25-22(19)28(24(20)31)12-11-27-16(2)13-32-14-17(27)3/h4-5,10,15-18,29H,6-9,11-14H2,1-3H3,(H,26,30)/t15?,16-,17+,18?. The first-order chi connectivity index (χ1) is 15.4. The smallest absolute Gasteiger partial charge is 0.268 e.